The van der Waals surface area contributed by atoms with E-state index < -0.39 is 0 Å². The number of fused-ring (bicyclic) bond motifs is 1. The molecule has 2 aromatic rings. The van der Waals surface area contributed by atoms with Gasteiger partial charge in [0, 0.05) is 11.6 Å². The zero-order chi connectivity index (χ0) is 9.26. The lowest BCUT2D eigenvalue weighted by Gasteiger charge is -2.01. The summed E-state index contributed by atoms with van der Waals surface area (Å²) in [5, 5.41) is 2.61. The molecular formula is C10H8ClNO. The van der Waals surface area contributed by atoms with Gasteiger partial charge in [-0.05, 0) is 23.6 Å². The van der Waals surface area contributed by atoms with Crippen molar-refractivity contribution in [1.29, 1.82) is 0 Å². The third-order valence-corrected chi connectivity index (χ3v) is 2.10. The van der Waals surface area contributed by atoms with Crippen molar-refractivity contribution in [2.24, 2.45) is 0 Å². The van der Waals surface area contributed by atoms with Crippen LogP contribution in [0.3, 0.4) is 0 Å². The van der Waals surface area contributed by atoms with E-state index in [0.717, 1.165) is 16.5 Å². The van der Waals surface area contributed by atoms with Gasteiger partial charge in [0.15, 0.2) is 0 Å². The Morgan fingerprint density at radius 2 is 2.08 bits per heavy atom. The SMILES string of the molecule is COc1ccc2cc(Cl)ncc2c1. The van der Waals surface area contributed by atoms with E-state index in [1.54, 1.807) is 13.3 Å². The molecule has 13 heavy (non-hydrogen) atoms. The van der Waals surface area contributed by atoms with Crippen molar-refractivity contribution in [2.75, 3.05) is 7.11 Å². The Hall–Kier alpha value is -1.28. The molecule has 2 rings (SSSR count). The fraction of sp³-hybridized carbons (Fsp3) is 0.100. The second-order valence-corrected chi connectivity index (χ2v) is 3.11. The Morgan fingerprint density at radius 1 is 1.23 bits per heavy atom. The lowest BCUT2D eigenvalue weighted by molar-refractivity contribution is 0.415. The standard InChI is InChI=1S/C10H8ClNO/c1-13-9-3-2-7-5-10(11)12-6-8(7)4-9/h2-6H,1H3. The molecule has 1 aromatic carbocycles. The highest BCUT2D eigenvalue weighted by molar-refractivity contribution is 6.30. The van der Waals surface area contributed by atoms with Gasteiger partial charge in [-0.25, -0.2) is 4.98 Å². The van der Waals surface area contributed by atoms with Gasteiger partial charge >= 0.3 is 0 Å². The van der Waals surface area contributed by atoms with Gasteiger partial charge in [-0.3, -0.25) is 0 Å². The molecule has 0 unspecified atom stereocenters. The van der Waals surface area contributed by atoms with Crippen LogP contribution in [0.4, 0.5) is 0 Å². The van der Waals surface area contributed by atoms with Crippen molar-refractivity contribution in [3.63, 3.8) is 0 Å². The Bertz CT molecular complexity index is 442. The van der Waals surface area contributed by atoms with Crippen LogP contribution in [-0.4, -0.2) is 12.1 Å². The number of halogens is 1. The highest BCUT2D eigenvalue weighted by atomic mass is 35.5. The Morgan fingerprint density at radius 3 is 2.85 bits per heavy atom. The Labute approximate surface area is 81.1 Å². The van der Waals surface area contributed by atoms with Crippen LogP contribution in [-0.2, 0) is 0 Å². The molecule has 1 aromatic heterocycles. The number of hydrogen-bond donors (Lipinski definition) is 0. The number of ether oxygens (including phenoxy) is 1. The van der Waals surface area contributed by atoms with Crippen molar-refractivity contribution >= 4 is 22.4 Å². The molecule has 0 N–H and O–H groups in total. The van der Waals surface area contributed by atoms with Crippen molar-refractivity contribution < 1.29 is 4.74 Å². The average molecular weight is 194 g/mol. The zero-order valence-electron chi connectivity index (χ0n) is 7.12. The summed E-state index contributed by atoms with van der Waals surface area (Å²) < 4.78 is 5.09. The topological polar surface area (TPSA) is 22.1 Å². The van der Waals surface area contributed by atoms with Gasteiger partial charge in [-0.1, -0.05) is 17.7 Å². The number of benzene rings is 1. The average Bonchev–Trinajstić information content (AvgIpc) is 2.17. The van der Waals surface area contributed by atoms with Gasteiger partial charge in [0.25, 0.3) is 0 Å². The third-order valence-electron chi connectivity index (χ3n) is 1.90. The van der Waals surface area contributed by atoms with Gasteiger partial charge < -0.3 is 4.74 Å². The molecule has 2 nitrogen and oxygen atoms in total. The van der Waals surface area contributed by atoms with Crippen molar-refractivity contribution in [3.05, 3.63) is 35.6 Å². The summed E-state index contributed by atoms with van der Waals surface area (Å²) in [4.78, 5) is 3.99. The van der Waals surface area contributed by atoms with Crippen molar-refractivity contribution in [1.82, 2.24) is 4.98 Å². The molecule has 0 atom stereocenters. The van der Waals surface area contributed by atoms with Gasteiger partial charge in [0.2, 0.25) is 0 Å². The number of aromatic nitrogens is 1. The first-order valence-corrected chi connectivity index (χ1v) is 4.27. The third kappa shape index (κ3) is 1.58. The van der Waals surface area contributed by atoms with Crippen LogP contribution in [0.5, 0.6) is 5.75 Å². The van der Waals surface area contributed by atoms with E-state index in [1.807, 2.05) is 24.3 Å². The number of nitrogens with zero attached hydrogens (tertiary/aromatic N) is 1. The minimum absolute atomic E-state index is 0.512. The predicted octanol–water partition coefficient (Wildman–Crippen LogP) is 2.90. The molecule has 0 aliphatic heterocycles. The first-order chi connectivity index (χ1) is 6.29. The summed E-state index contributed by atoms with van der Waals surface area (Å²) in [5.41, 5.74) is 0. The first-order valence-electron chi connectivity index (χ1n) is 3.89. The minimum atomic E-state index is 0.512. The second kappa shape index (κ2) is 3.23. The largest absolute Gasteiger partial charge is 0.497 e. The molecule has 0 saturated carbocycles. The second-order valence-electron chi connectivity index (χ2n) is 2.72. The van der Waals surface area contributed by atoms with E-state index in [2.05, 4.69) is 4.98 Å². The van der Waals surface area contributed by atoms with Gasteiger partial charge in [0.1, 0.15) is 10.9 Å². The number of pyridine rings is 1. The fourth-order valence-corrected chi connectivity index (χ4v) is 1.39. The highest BCUT2D eigenvalue weighted by Gasteiger charge is 1.97. The van der Waals surface area contributed by atoms with Crippen molar-refractivity contribution in [2.45, 2.75) is 0 Å². The maximum Gasteiger partial charge on any atom is 0.129 e. The monoisotopic (exact) mass is 193 g/mol. The lowest BCUT2D eigenvalue weighted by Crippen LogP contribution is -1.83. The molecule has 0 amide bonds. The van der Waals surface area contributed by atoms with Crippen LogP contribution < -0.4 is 4.74 Å². The van der Waals surface area contributed by atoms with Crippen LogP contribution in [0.2, 0.25) is 5.15 Å². The number of hydrogen-bond acceptors (Lipinski definition) is 2. The molecule has 1 heterocycles. The van der Waals surface area contributed by atoms with E-state index in [-0.39, 0.29) is 0 Å². The minimum Gasteiger partial charge on any atom is -0.497 e. The zero-order valence-corrected chi connectivity index (χ0v) is 7.88. The van der Waals surface area contributed by atoms with E-state index in [1.165, 1.54) is 0 Å². The molecule has 0 bridgehead atoms. The van der Waals surface area contributed by atoms with Gasteiger partial charge in [-0.2, -0.15) is 0 Å². The van der Waals surface area contributed by atoms with Crippen molar-refractivity contribution in [3.8, 4) is 5.75 Å². The Balaban J connectivity index is 2.66. The molecule has 66 valence electrons. The fourth-order valence-electron chi connectivity index (χ4n) is 1.22. The lowest BCUT2D eigenvalue weighted by atomic mass is 10.2. The molecule has 0 radical (unpaired) electrons. The first kappa shape index (κ1) is 8.32. The quantitative estimate of drug-likeness (QED) is 0.650. The molecule has 3 heteroatoms. The summed E-state index contributed by atoms with van der Waals surface area (Å²) in [6, 6.07) is 7.62. The summed E-state index contributed by atoms with van der Waals surface area (Å²) >= 11 is 5.75. The summed E-state index contributed by atoms with van der Waals surface area (Å²) in [5.74, 6) is 0.830. The normalized spacial score (nSPS) is 10.3. The molecule has 0 fully saturated rings. The molecular weight excluding hydrogens is 186 g/mol. The van der Waals surface area contributed by atoms with Crippen LogP contribution in [0.25, 0.3) is 10.8 Å². The molecule has 0 aliphatic rings. The van der Waals surface area contributed by atoms with E-state index in [4.69, 9.17) is 16.3 Å². The van der Waals surface area contributed by atoms with Crippen LogP contribution in [0.1, 0.15) is 0 Å². The van der Waals surface area contributed by atoms with E-state index >= 15 is 0 Å². The van der Waals surface area contributed by atoms with E-state index in [0.29, 0.717) is 5.15 Å². The smallest absolute Gasteiger partial charge is 0.129 e. The summed E-state index contributed by atoms with van der Waals surface area (Å²) in [7, 11) is 1.64. The van der Waals surface area contributed by atoms with Gasteiger partial charge in [-0.15, -0.1) is 0 Å². The summed E-state index contributed by atoms with van der Waals surface area (Å²) in [6.45, 7) is 0. The van der Waals surface area contributed by atoms with Crippen LogP contribution in [0.15, 0.2) is 30.5 Å². The summed E-state index contributed by atoms with van der Waals surface area (Å²) in [6.07, 6.45) is 1.74. The maximum absolute atomic E-state index is 5.75. The van der Waals surface area contributed by atoms with Crippen LogP contribution >= 0.6 is 11.6 Å². The van der Waals surface area contributed by atoms with E-state index in [9.17, 15) is 0 Å². The van der Waals surface area contributed by atoms with Crippen LogP contribution in [0, 0.1) is 0 Å². The molecule has 0 aliphatic carbocycles. The highest BCUT2D eigenvalue weighted by Crippen LogP contribution is 2.21. The van der Waals surface area contributed by atoms with Gasteiger partial charge in [0.05, 0.1) is 7.11 Å². The maximum atomic E-state index is 5.75. The predicted molar refractivity (Wildman–Crippen MR) is 53.3 cm³/mol. The number of rotatable bonds is 1. The Kier molecular flexibility index (Phi) is 2.07. The number of methoxy groups -OCH3 is 1. The molecule has 0 spiro atoms. The molecule has 0 saturated heterocycles.